The Morgan fingerprint density at radius 1 is 0.714 bits per heavy atom. The van der Waals surface area contributed by atoms with Gasteiger partial charge in [0, 0.05) is 17.1 Å². The molecule has 0 unspecified atom stereocenters. The fraction of sp³-hybridized carbons (Fsp3) is 0. The van der Waals surface area contributed by atoms with Gasteiger partial charge in [-0.3, -0.25) is 0 Å². The van der Waals surface area contributed by atoms with Crippen LogP contribution < -0.4 is 19.6 Å². The molecule has 0 atom stereocenters. The van der Waals surface area contributed by atoms with E-state index in [1.165, 1.54) is 0 Å². The molecule has 0 fully saturated rings. The molecule has 0 rings (SSSR count). The number of hydrogen-bond donors (Lipinski definition) is 0. The van der Waals surface area contributed by atoms with E-state index in [2.05, 4.69) is 4.31 Å². The van der Waals surface area contributed by atoms with Crippen molar-refractivity contribution in [2.45, 2.75) is 0 Å². The summed E-state index contributed by atoms with van der Waals surface area (Å²) in [6.07, 6.45) is 0. The van der Waals surface area contributed by atoms with E-state index in [1.54, 1.807) is 0 Å². The van der Waals surface area contributed by atoms with Gasteiger partial charge in [0.15, 0.2) is 0 Å². The minimum atomic E-state index is -5.68. The first-order chi connectivity index (χ1) is 3.71. The van der Waals surface area contributed by atoms with Crippen molar-refractivity contribution in [2.75, 3.05) is 0 Å². The third kappa shape index (κ3) is 38.9. The zero-order valence-electron chi connectivity index (χ0n) is 6.05. The van der Waals surface area contributed by atoms with Gasteiger partial charge in [-0.25, -0.2) is 0 Å². The van der Waals surface area contributed by atoms with Gasteiger partial charge in [-0.2, -0.15) is 0 Å². The molecule has 0 aliphatic heterocycles. The molecule has 8 N–H and O–H groups in total. The Morgan fingerprint density at radius 2 is 0.857 bits per heavy atom. The predicted molar refractivity (Wildman–Crippen MR) is 30.8 cm³/mol. The van der Waals surface area contributed by atoms with Crippen LogP contribution in [0.1, 0.15) is 0 Å². The van der Waals surface area contributed by atoms with Crippen molar-refractivity contribution in [3.8, 4) is 0 Å². The van der Waals surface area contributed by atoms with Gasteiger partial charge in [-0.15, -0.1) is 0 Å². The molecule has 0 aliphatic carbocycles. The van der Waals surface area contributed by atoms with Crippen molar-refractivity contribution in [3.05, 3.63) is 0 Å². The van der Waals surface area contributed by atoms with Crippen molar-refractivity contribution < 1.29 is 72.0 Å². The normalized spacial score (nSPS) is 8.86. The molecule has 99 valence electrons. The van der Waals surface area contributed by atoms with Crippen LogP contribution in [-0.2, 0) is 30.5 Å². The molecule has 14 heteroatoms. The average molecular weight is 310 g/mol. The molecule has 0 aromatic carbocycles. The van der Waals surface area contributed by atoms with E-state index in [-0.39, 0.29) is 39.0 Å². The fourth-order valence-electron chi connectivity index (χ4n) is 0.122. The first kappa shape index (κ1) is 36.5. The second-order valence-corrected chi connectivity index (χ2v) is 3.42. The molecule has 11 nitrogen and oxygen atoms in total. The van der Waals surface area contributed by atoms with Crippen molar-refractivity contribution in [1.29, 1.82) is 0 Å². The molecule has 0 spiro atoms. The SMILES string of the molecule is O.O.O.O.O=P([O-])([O-])OP(=O)([O-])[O-].[Cu]. The zero-order valence-corrected chi connectivity index (χ0v) is 8.78. The van der Waals surface area contributed by atoms with Crippen molar-refractivity contribution in [3.63, 3.8) is 0 Å². The first-order valence-electron chi connectivity index (χ1n) is 1.46. The third-order valence-corrected chi connectivity index (χ3v) is 1.80. The molecule has 0 bridgehead atoms. The average Bonchev–Trinajstić information content (AvgIpc) is 1.14. The first-order valence-corrected chi connectivity index (χ1v) is 4.38. The molecule has 0 saturated heterocycles. The summed E-state index contributed by atoms with van der Waals surface area (Å²) in [6.45, 7) is 0. The molecule has 14 heavy (non-hydrogen) atoms. The summed E-state index contributed by atoms with van der Waals surface area (Å²) in [5, 5.41) is 0. The van der Waals surface area contributed by atoms with Gasteiger partial charge in [0.1, 0.15) is 0 Å². The largest absolute Gasteiger partial charge is 0.790 e. The number of rotatable bonds is 2. The van der Waals surface area contributed by atoms with Crippen LogP contribution >= 0.6 is 15.6 Å². The monoisotopic (exact) mass is 309 g/mol. The van der Waals surface area contributed by atoms with Gasteiger partial charge in [0.05, 0.1) is 15.6 Å². The quantitative estimate of drug-likeness (QED) is 0.350. The van der Waals surface area contributed by atoms with Crippen LogP contribution in [0, 0.1) is 0 Å². The van der Waals surface area contributed by atoms with Crippen LogP contribution in [0.2, 0.25) is 0 Å². The van der Waals surface area contributed by atoms with Gasteiger partial charge in [0.25, 0.3) is 0 Å². The van der Waals surface area contributed by atoms with Gasteiger partial charge >= 0.3 is 0 Å². The van der Waals surface area contributed by atoms with Crippen LogP contribution in [0.15, 0.2) is 0 Å². The minimum Gasteiger partial charge on any atom is -0.790 e. The van der Waals surface area contributed by atoms with Crippen molar-refractivity contribution >= 4 is 15.6 Å². The summed E-state index contributed by atoms with van der Waals surface area (Å²) >= 11 is 0. The van der Waals surface area contributed by atoms with Crippen LogP contribution in [0.4, 0.5) is 0 Å². The zero-order chi connectivity index (χ0) is 7.71. The predicted octanol–water partition coefficient (Wildman–Crippen LogP) is -6.64. The summed E-state index contributed by atoms with van der Waals surface area (Å²) in [5.41, 5.74) is 0. The maximum absolute atomic E-state index is 9.32. The molecule has 0 aromatic rings. The second kappa shape index (κ2) is 11.7. The van der Waals surface area contributed by atoms with Crippen molar-refractivity contribution in [2.24, 2.45) is 0 Å². The smallest absolute Gasteiger partial charge is 0.0655 e. The van der Waals surface area contributed by atoms with Gasteiger partial charge in [-0.1, -0.05) is 0 Å². The fourth-order valence-corrected chi connectivity index (χ4v) is 1.10. The summed E-state index contributed by atoms with van der Waals surface area (Å²) in [5.74, 6) is 0. The van der Waals surface area contributed by atoms with Gasteiger partial charge in [0.2, 0.25) is 0 Å². The molecular formula is H8CuO11P2-4. The molecular weight excluding hydrogens is 301 g/mol. The van der Waals surface area contributed by atoms with Crippen LogP contribution in [-0.4, -0.2) is 21.9 Å². The number of hydrogen-bond acceptors (Lipinski definition) is 7. The third-order valence-electron chi connectivity index (χ3n) is 0.200. The number of phosphoric acid groups is 2. The Hall–Kier alpha value is 0.619. The van der Waals surface area contributed by atoms with Gasteiger partial charge < -0.3 is 54.9 Å². The van der Waals surface area contributed by atoms with E-state index in [4.69, 9.17) is 0 Å². The van der Waals surface area contributed by atoms with Crippen LogP contribution in [0.3, 0.4) is 0 Å². The standard InChI is InChI=1S/Cu.H4O7P2.4H2O/c;1-8(2,3)7-9(4,5)6;;;;/h;(H2,1,2,3)(H2,4,5,6);4*1H2/p-4. The van der Waals surface area contributed by atoms with Gasteiger partial charge in [-0.05, 0) is 0 Å². The second-order valence-electron chi connectivity index (χ2n) is 0.976. The maximum atomic E-state index is 9.32. The summed E-state index contributed by atoms with van der Waals surface area (Å²) in [7, 11) is -11.4. The molecule has 0 aromatic heterocycles. The summed E-state index contributed by atoms with van der Waals surface area (Å²) < 4.78 is 21.2. The van der Waals surface area contributed by atoms with Crippen molar-refractivity contribution in [1.82, 2.24) is 0 Å². The Kier molecular flexibility index (Phi) is 30.5. The van der Waals surface area contributed by atoms with E-state index in [9.17, 15) is 28.7 Å². The summed E-state index contributed by atoms with van der Waals surface area (Å²) in [4.78, 5) is 37.3. The topological polar surface area (TPSA) is 262 Å². The summed E-state index contributed by atoms with van der Waals surface area (Å²) in [6, 6.07) is 0. The van der Waals surface area contributed by atoms with Crippen LogP contribution in [0.25, 0.3) is 0 Å². The molecule has 0 aliphatic rings. The van der Waals surface area contributed by atoms with E-state index >= 15 is 0 Å². The Labute approximate surface area is 88.3 Å². The minimum absolute atomic E-state index is 0. The molecule has 1 radical (unpaired) electrons. The molecule has 0 heterocycles. The van der Waals surface area contributed by atoms with E-state index < -0.39 is 15.6 Å². The van der Waals surface area contributed by atoms with Crippen LogP contribution in [0.5, 0.6) is 0 Å². The molecule has 0 amide bonds. The van der Waals surface area contributed by atoms with E-state index in [0.717, 1.165) is 0 Å². The Bertz CT molecular complexity index is 154. The van der Waals surface area contributed by atoms with E-state index in [0.29, 0.717) is 0 Å². The van der Waals surface area contributed by atoms with E-state index in [1.807, 2.05) is 0 Å². The molecule has 0 saturated carbocycles. The Balaban J connectivity index is -0.0000000320. The Morgan fingerprint density at radius 3 is 0.857 bits per heavy atom. The maximum Gasteiger partial charge on any atom is 0.0655 e.